The molecule has 3 fully saturated rings. The van der Waals surface area contributed by atoms with Crippen LogP contribution >= 0.6 is 0 Å². The summed E-state index contributed by atoms with van der Waals surface area (Å²) in [5, 5.41) is 0. The molecule has 0 aromatic rings. The first-order valence-electron chi connectivity index (χ1n) is 11.0. The van der Waals surface area contributed by atoms with Gasteiger partial charge in [0.25, 0.3) is 0 Å². The molecule has 2 unspecified atom stereocenters. The van der Waals surface area contributed by atoms with Crippen molar-refractivity contribution in [2.24, 2.45) is 40.4 Å². The average Bonchev–Trinajstić information content (AvgIpc) is 2.85. The summed E-state index contributed by atoms with van der Waals surface area (Å²) < 4.78 is 5.54. The number of Topliss-reactive ketones (excluding diaryl/α,β-unsaturated/α-hetero) is 1. The summed E-state index contributed by atoms with van der Waals surface area (Å²) in [6.45, 7) is 10.5. The third-order valence-corrected chi connectivity index (χ3v) is 9.17. The van der Waals surface area contributed by atoms with E-state index in [4.69, 9.17) is 4.74 Å². The highest BCUT2D eigenvalue weighted by molar-refractivity contribution is 5.80. The van der Waals surface area contributed by atoms with E-state index in [1.807, 2.05) is 6.92 Å². The first kappa shape index (κ1) is 19.2. The number of ether oxygens (including phenoxy) is 1. The molecule has 0 N–H and O–H groups in total. The van der Waals surface area contributed by atoms with Crippen LogP contribution in [0.1, 0.15) is 79.6 Å². The third-order valence-electron chi connectivity index (χ3n) is 9.17. The van der Waals surface area contributed by atoms with Crippen LogP contribution in [0.25, 0.3) is 0 Å². The normalized spacial score (nSPS) is 48.7. The van der Waals surface area contributed by atoms with Gasteiger partial charge in [0.1, 0.15) is 11.9 Å². The summed E-state index contributed by atoms with van der Waals surface area (Å²) in [7, 11) is 0. The molecule has 3 heteroatoms. The number of carbonyl (C=O) groups is 2. The quantitative estimate of drug-likeness (QED) is 0.486. The highest BCUT2D eigenvalue weighted by atomic mass is 16.5. The predicted octanol–water partition coefficient (Wildman–Crippen LogP) is 5.33. The molecule has 0 amide bonds. The van der Waals surface area contributed by atoms with Gasteiger partial charge >= 0.3 is 5.97 Å². The van der Waals surface area contributed by atoms with Crippen molar-refractivity contribution in [1.29, 1.82) is 0 Å². The van der Waals surface area contributed by atoms with Crippen molar-refractivity contribution in [3.63, 3.8) is 0 Å². The lowest BCUT2D eigenvalue weighted by Crippen LogP contribution is -2.51. The van der Waals surface area contributed by atoms with E-state index in [-0.39, 0.29) is 28.8 Å². The largest absolute Gasteiger partial charge is 0.462 e. The standard InChI is InChI=1S/C24H36O3/c1-14-12-21-19-7-6-17-13-18(27-16(3)26)8-10-23(17,4)20(19)9-11-24(21,5)22(14)15(2)25/h6,14,18-22H,7-13H2,1-5H3/t14?,18?,19-,20+,21+,22-,23+,24+/m1/s1. The minimum absolute atomic E-state index is 0.0702. The molecule has 4 aliphatic carbocycles. The third kappa shape index (κ3) is 2.83. The second-order valence-corrected chi connectivity index (χ2v) is 10.6. The highest BCUT2D eigenvalue weighted by Gasteiger charge is 2.61. The maximum atomic E-state index is 12.4. The van der Waals surface area contributed by atoms with Crippen molar-refractivity contribution in [3.8, 4) is 0 Å². The Labute approximate surface area is 164 Å². The molecular weight excluding hydrogens is 336 g/mol. The van der Waals surface area contributed by atoms with Gasteiger partial charge in [-0.2, -0.15) is 0 Å². The monoisotopic (exact) mass is 372 g/mol. The van der Waals surface area contributed by atoms with Gasteiger partial charge in [0, 0.05) is 19.3 Å². The summed E-state index contributed by atoms with van der Waals surface area (Å²) in [6.07, 6.45) is 10.4. The smallest absolute Gasteiger partial charge is 0.302 e. The molecule has 0 bridgehead atoms. The zero-order valence-corrected chi connectivity index (χ0v) is 17.7. The molecule has 0 aromatic heterocycles. The van der Waals surface area contributed by atoms with Crippen molar-refractivity contribution in [3.05, 3.63) is 11.6 Å². The van der Waals surface area contributed by atoms with E-state index in [0.29, 0.717) is 17.6 Å². The Morgan fingerprint density at radius 2 is 1.85 bits per heavy atom. The van der Waals surface area contributed by atoms with E-state index in [2.05, 4.69) is 26.8 Å². The molecular formula is C24H36O3. The Kier molecular flexibility index (Phi) is 4.59. The number of esters is 1. The summed E-state index contributed by atoms with van der Waals surface area (Å²) in [5.74, 6) is 3.16. The van der Waals surface area contributed by atoms with Gasteiger partial charge in [-0.25, -0.2) is 0 Å². The highest BCUT2D eigenvalue weighted by Crippen LogP contribution is 2.67. The van der Waals surface area contributed by atoms with Crippen LogP contribution in [0.3, 0.4) is 0 Å². The Balaban J connectivity index is 1.61. The van der Waals surface area contributed by atoms with Gasteiger partial charge in [-0.3, -0.25) is 9.59 Å². The van der Waals surface area contributed by atoms with Crippen LogP contribution in [-0.4, -0.2) is 17.9 Å². The van der Waals surface area contributed by atoms with Crippen LogP contribution < -0.4 is 0 Å². The fourth-order valence-corrected chi connectivity index (χ4v) is 8.19. The van der Waals surface area contributed by atoms with Crippen LogP contribution in [0.2, 0.25) is 0 Å². The van der Waals surface area contributed by atoms with Crippen LogP contribution in [0, 0.1) is 40.4 Å². The fourth-order valence-electron chi connectivity index (χ4n) is 8.19. The van der Waals surface area contributed by atoms with E-state index in [0.717, 1.165) is 37.5 Å². The number of hydrogen-bond donors (Lipinski definition) is 0. The number of allylic oxidation sites excluding steroid dienone is 1. The molecule has 0 saturated heterocycles. The summed E-state index contributed by atoms with van der Waals surface area (Å²) in [6, 6.07) is 0. The van der Waals surface area contributed by atoms with Crippen LogP contribution in [0.5, 0.6) is 0 Å². The van der Waals surface area contributed by atoms with Crippen molar-refractivity contribution in [2.75, 3.05) is 0 Å². The molecule has 150 valence electrons. The molecule has 0 aromatic carbocycles. The van der Waals surface area contributed by atoms with Crippen LogP contribution in [0.15, 0.2) is 11.6 Å². The Morgan fingerprint density at radius 3 is 2.52 bits per heavy atom. The van der Waals surface area contributed by atoms with E-state index in [1.165, 1.54) is 26.2 Å². The minimum Gasteiger partial charge on any atom is -0.462 e. The molecule has 4 rings (SSSR count). The fraction of sp³-hybridized carbons (Fsp3) is 0.833. The zero-order valence-electron chi connectivity index (χ0n) is 17.7. The Hall–Kier alpha value is -1.12. The molecule has 8 atom stereocenters. The van der Waals surface area contributed by atoms with Gasteiger partial charge in [0.05, 0.1) is 0 Å². The van der Waals surface area contributed by atoms with E-state index in [1.54, 1.807) is 5.57 Å². The molecule has 0 radical (unpaired) electrons. The Morgan fingerprint density at radius 1 is 1.11 bits per heavy atom. The van der Waals surface area contributed by atoms with Gasteiger partial charge in [-0.05, 0) is 80.0 Å². The van der Waals surface area contributed by atoms with Gasteiger partial charge in [0.2, 0.25) is 0 Å². The van der Waals surface area contributed by atoms with Gasteiger partial charge < -0.3 is 4.74 Å². The maximum absolute atomic E-state index is 12.4. The maximum Gasteiger partial charge on any atom is 0.302 e. The number of rotatable bonds is 2. The SMILES string of the molecule is CC(=O)OC1CC[C@@]2(C)C(=CC[C@H]3[C@@H]4CC(C)[C@H](C(C)=O)[C@@]4(C)CC[C@@H]32)C1. The molecule has 0 aliphatic heterocycles. The van der Waals surface area contributed by atoms with Crippen molar-refractivity contribution >= 4 is 11.8 Å². The lowest BCUT2D eigenvalue weighted by molar-refractivity contribution is -0.149. The first-order valence-corrected chi connectivity index (χ1v) is 11.0. The first-order chi connectivity index (χ1) is 12.7. The Bertz CT molecular complexity index is 679. The number of ketones is 1. The second-order valence-electron chi connectivity index (χ2n) is 10.6. The molecule has 27 heavy (non-hydrogen) atoms. The second kappa shape index (κ2) is 6.46. The van der Waals surface area contributed by atoms with Gasteiger partial charge in [-0.1, -0.05) is 32.4 Å². The molecule has 4 aliphatic rings. The van der Waals surface area contributed by atoms with E-state index < -0.39 is 0 Å². The lowest BCUT2D eigenvalue weighted by atomic mass is 9.47. The van der Waals surface area contributed by atoms with Gasteiger partial charge in [0.15, 0.2) is 0 Å². The summed E-state index contributed by atoms with van der Waals surface area (Å²) in [5.41, 5.74) is 2.00. The van der Waals surface area contributed by atoms with Crippen molar-refractivity contribution in [2.45, 2.75) is 85.7 Å². The molecule has 3 nitrogen and oxygen atoms in total. The van der Waals surface area contributed by atoms with Crippen molar-refractivity contribution < 1.29 is 14.3 Å². The molecule has 3 saturated carbocycles. The average molecular weight is 373 g/mol. The van der Waals surface area contributed by atoms with E-state index >= 15 is 0 Å². The lowest BCUT2D eigenvalue weighted by Gasteiger charge is -2.58. The van der Waals surface area contributed by atoms with Crippen molar-refractivity contribution in [1.82, 2.24) is 0 Å². The molecule has 0 heterocycles. The summed E-state index contributed by atoms with van der Waals surface area (Å²) >= 11 is 0. The van der Waals surface area contributed by atoms with Gasteiger partial charge in [-0.15, -0.1) is 0 Å². The number of fused-ring (bicyclic) bond motifs is 5. The predicted molar refractivity (Wildman–Crippen MR) is 106 cm³/mol. The minimum atomic E-state index is -0.151. The zero-order chi connectivity index (χ0) is 19.6. The number of hydrogen-bond acceptors (Lipinski definition) is 3. The van der Waals surface area contributed by atoms with Crippen LogP contribution in [-0.2, 0) is 14.3 Å². The van der Waals surface area contributed by atoms with Crippen LogP contribution in [0.4, 0.5) is 0 Å². The molecule has 0 spiro atoms. The summed E-state index contributed by atoms with van der Waals surface area (Å²) in [4.78, 5) is 23.8. The van der Waals surface area contributed by atoms with E-state index in [9.17, 15) is 9.59 Å². The number of carbonyl (C=O) groups excluding carboxylic acids is 2. The topological polar surface area (TPSA) is 43.4 Å².